The second kappa shape index (κ2) is 6.85. The van der Waals surface area contributed by atoms with Crippen molar-refractivity contribution in [2.24, 2.45) is 0 Å². The van der Waals surface area contributed by atoms with Crippen LogP contribution in [0.15, 0.2) is 0 Å². The maximum atomic E-state index is 9.68. The topological polar surface area (TPSA) is 35.5 Å². The fourth-order valence-corrected chi connectivity index (χ4v) is 2.36. The van der Waals surface area contributed by atoms with Gasteiger partial charge in [0.05, 0.1) is 6.10 Å². The van der Waals surface area contributed by atoms with Crippen LogP contribution >= 0.6 is 24.8 Å². The van der Waals surface area contributed by atoms with Gasteiger partial charge in [0, 0.05) is 32.2 Å². The van der Waals surface area contributed by atoms with Crippen molar-refractivity contribution >= 4 is 24.8 Å². The number of rotatable bonds is 1. The molecule has 0 unspecified atom stereocenters. The van der Waals surface area contributed by atoms with E-state index in [-0.39, 0.29) is 30.9 Å². The summed E-state index contributed by atoms with van der Waals surface area (Å²) in [5.74, 6) is 0. The molecule has 0 aromatic rings. The number of nitrogens with one attached hydrogen (secondary N) is 1. The molecule has 1 aliphatic heterocycles. The average Bonchev–Trinajstić information content (AvgIpc) is 2.53. The van der Waals surface area contributed by atoms with Crippen molar-refractivity contribution < 1.29 is 5.11 Å². The highest BCUT2D eigenvalue weighted by molar-refractivity contribution is 5.85. The second-order valence-electron chi connectivity index (χ2n) is 3.85. The van der Waals surface area contributed by atoms with Crippen LogP contribution in [0.25, 0.3) is 0 Å². The predicted octanol–water partition coefficient (Wildman–Crippen LogP) is 0.649. The first-order valence-electron chi connectivity index (χ1n) is 5.01. The Morgan fingerprint density at radius 3 is 2.21 bits per heavy atom. The number of hydrogen-bond acceptors (Lipinski definition) is 3. The molecule has 1 heterocycles. The van der Waals surface area contributed by atoms with Crippen molar-refractivity contribution in [3.63, 3.8) is 0 Å². The first-order chi connectivity index (χ1) is 5.88. The molecule has 1 aliphatic carbocycles. The van der Waals surface area contributed by atoms with Crippen LogP contribution in [-0.4, -0.2) is 48.3 Å². The molecule has 0 amide bonds. The molecule has 14 heavy (non-hydrogen) atoms. The van der Waals surface area contributed by atoms with Gasteiger partial charge in [0.25, 0.3) is 0 Å². The van der Waals surface area contributed by atoms with Crippen LogP contribution in [-0.2, 0) is 0 Å². The van der Waals surface area contributed by atoms with E-state index in [1.807, 2.05) is 0 Å². The highest BCUT2D eigenvalue weighted by Crippen LogP contribution is 2.24. The number of hydrogen-bond donors (Lipinski definition) is 2. The van der Waals surface area contributed by atoms with E-state index >= 15 is 0 Å². The molecule has 0 aromatic carbocycles. The van der Waals surface area contributed by atoms with E-state index in [4.69, 9.17) is 0 Å². The van der Waals surface area contributed by atoms with Crippen molar-refractivity contribution in [1.82, 2.24) is 10.2 Å². The normalized spacial score (nSPS) is 33.2. The van der Waals surface area contributed by atoms with E-state index in [0.29, 0.717) is 6.04 Å². The number of halogens is 2. The third-order valence-corrected chi connectivity index (χ3v) is 3.06. The van der Waals surface area contributed by atoms with Gasteiger partial charge in [-0.3, -0.25) is 4.90 Å². The summed E-state index contributed by atoms with van der Waals surface area (Å²) in [5.41, 5.74) is 0. The Hall–Kier alpha value is 0.460. The molecule has 3 nitrogen and oxygen atoms in total. The van der Waals surface area contributed by atoms with E-state index in [1.165, 1.54) is 12.8 Å². The summed E-state index contributed by atoms with van der Waals surface area (Å²) < 4.78 is 0. The molecule has 1 saturated heterocycles. The lowest BCUT2D eigenvalue weighted by Crippen LogP contribution is -2.50. The van der Waals surface area contributed by atoms with Crippen LogP contribution in [0.5, 0.6) is 0 Å². The Labute approximate surface area is 98.1 Å². The Bertz CT molecular complexity index is 154. The summed E-state index contributed by atoms with van der Waals surface area (Å²) in [6.07, 6.45) is 3.36. The Morgan fingerprint density at radius 2 is 1.71 bits per heavy atom. The van der Waals surface area contributed by atoms with Gasteiger partial charge in [-0.1, -0.05) is 0 Å². The Balaban J connectivity index is 0.000000845. The van der Waals surface area contributed by atoms with Crippen LogP contribution in [0, 0.1) is 0 Å². The molecule has 2 N–H and O–H groups in total. The molecule has 0 radical (unpaired) electrons. The van der Waals surface area contributed by atoms with Gasteiger partial charge < -0.3 is 10.4 Å². The largest absolute Gasteiger partial charge is 0.391 e. The van der Waals surface area contributed by atoms with E-state index in [9.17, 15) is 5.11 Å². The fraction of sp³-hybridized carbons (Fsp3) is 1.00. The molecule has 0 bridgehead atoms. The van der Waals surface area contributed by atoms with Crippen LogP contribution in [0.1, 0.15) is 19.3 Å². The number of aliphatic hydroxyl groups excluding tert-OH is 1. The van der Waals surface area contributed by atoms with Gasteiger partial charge in [-0.2, -0.15) is 0 Å². The van der Waals surface area contributed by atoms with Crippen molar-refractivity contribution in [1.29, 1.82) is 0 Å². The van der Waals surface area contributed by atoms with E-state index in [1.54, 1.807) is 0 Å². The first kappa shape index (κ1) is 14.5. The molecule has 2 rings (SSSR count). The van der Waals surface area contributed by atoms with Crippen molar-refractivity contribution in [2.45, 2.75) is 31.4 Å². The zero-order valence-corrected chi connectivity index (χ0v) is 9.95. The van der Waals surface area contributed by atoms with Gasteiger partial charge in [0.1, 0.15) is 0 Å². The lowest BCUT2D eigenvalue weighted by molar-refractivity contribution is 0.0633. The smallest absolute Gasteiger partial charge is 0.0695 e. The van der Waals surface area contributed by atoms with Gasteiger partial charge >= 0.3 is 0 Å². The number of piperazine rings is 1. The summed E-state index contributed by atoms with van der Waals surface area (Å²) in [4.78, 5) is 2.44. The quantitative estimate of drug-likeness (QED) is 0.709. The second-order valence-corrected chi connectivity index (χ2v) is 3.85. The van der Waals surface area contributed by atoms with Gasteiger partial charge in [-0.15, -0.1) is 24.8 Å². The standard InChI is InChI=1S/C9H18N2O.2ClH/c12-9-3-1-2-8(9)11-6-4-10-5-7-11;;/h8-10,12H,1-7H2;2*1H/t8-,9-;;/m1../s1. The van der Waals surface area contributed by atoms with Gasteiger partial charge in [-0.05, 0) is 19.3 Å². The van der Waals surface area contributed by atoms with E-state index in [2.05, 4.69) is 10.2 Å². The van der Waals surface area contributed by atoms with Crippen LogP contribution < -0.4 is 5.32 Å². The van der Waals surface area contributed by atoms with E-state index < -0.39 is 0 Å². The zero-order chi connectivity index (χ0) is 8.39. The van der Waals surface area contributed by atoms with Crippen LogP contribution in [0.4, 0.5) is 0 Å². The molecule has 5 heteroatoms. The Kier molecular flexibility index (Phi) is 7.08. The van der Waals surface area contributed by atoms with Crippen molar-refractivity contribution in [3.8, 4) is 0 Å². The molecule has 2 aliphatic rings. The predicted molar refractivity (Wildman–Crippen MR) is 62.6 cm³/mol. The average molecular weight is 243 g/mol. The third-order valence-electron chi connectivity index (χ3n) is 3.06. The lowest BCUT2D eigenvalue weighted by atomic mass is 10.1. The SMILES string of the molecule is Cl.Cl.O[C@@H]1CCC[C@H]1N1CCNCC1. The summed E-state index contributed by atoms with van der Waals surface area (Å²) in [6.45, 7) is 4.40. The molecule has 2 fully saturated rings. The molecule has 86 valence electrons. The van der Waals surface area contributed by atoms with Crippen LogP contribution in [0.3, 0.4) is 0 Å². The molecule has 2 atom stereocenters. The minimum atomic E-state index is -0.0527. The highest BCUT2D eigenvalue weighted by Gasteiger charge is 2.30. The number of aliphatic hydroxyl groups is 1. The molecule has 0 spiro atoms. The third kappa shape index (κ3) is 3.24. The lowest BCUT2D eigenvalue weighted by Gasteiger charge is -2.34. The summed E-state index contributed by atoms with van der Waals surface area (Å²) in [5, 5.41) is 13.0. The van der Waals surface area contributed by atoms with Gasteiger partial charge in [-0.25, -0.2) is 0 Å². The summed E-state index contributed by atoms with van der Waals surface area (Å²) in [6, 6.07) is 0.465. The minimum Gasteiger partial charge on any atom is -0.391 e. The molecular formula is C9H20Cl2N2O. The minimum absolute atomic E-state index is 0. The van der Waals surface area contributed by atoms with Crippen molar-refractivity contribution in [3.05, 3.63) is 0 Å². The van der Waals surface area contributed by atoms with Crippen LogP contribution in [0.2, 0.25) is 0 Å². The molecular weight excluding hydrogens is 223 g/mol. The van der Waals surface area contributed by atoms with Gasteiger partial charge in [0.15, 0.2) is 0 Å². The molecule has 1 saturated carbocycles. The summed E-state index contributed by atoms with van der Waals surface area (Å²) >= 11 is 0. The maximum Gasteiger partial charge on any atom is 0.0695 e. The van der Waals surface area contributed by atoms with Crippen molar-refractivity contribution in [2.75, 3.05) is 26.2 Å². The molecule has 0 aromatic heterocycles. The number of nitrogens with zero attached hydrogens (tertiary/aromatic N) is 1. The highest BCUT2D eigenvalue weighted by atomic mass is 35.5. The van der Waals surface area contributed by atoms with Gasteiger partial charge in [0.2, 0.25) is 0 Å². The monoisotopic (exact) mass is 242 g/mol. The fourth-order valence-electron chi connectivity index (χ4n) is 2.36. The Morgan fingerprint density at radius 1 is 1.07 bits per heavy atom. The maximum absolute atomic E-state index is 9.68. The first-order valence-corrected chi connectivity index (χ1v) is 5.01. The summed E-state index contributed by atoms with van der Waals surface area (Å²) in [7, 11) is 0. The zero-order valence-electron chi connectivity index (χ0n) is 8.32. The van der Waals surface area contributed by atoms with E-state index in [0.717, 1.165) is 32.6 Å².